The molecule has 5 heteroatoms. The van der Waals surface area contributed by atoms with Crippen LogP contribution in [0, 0.1) is 13.8 Å². The van der Waals surface area contributed by atoms with Gasteiger partial charge in [0.15, 0.2) is 5.82 Å². The molecule has 0 aliphatic heterocycles. The van der Waals surface area contributed by atoms with Crippen molar-refractivity contribution < 1.29 is 4.79 Å². The van der Waals surface area contributed by atoms with E-state index < -0.39 is 0 Å². The summed E-state index contributed by atoms with van der Waals surface area (Å²) >= 11 is 0. The highest BCUT2D eigenvalue weighted by atomic mass is 16.1. The van der Waals surface area contributed by atoms with E-state index in [0.29, 0.717) is 12.2 Å². The largest absolute Gasteiger partial charge is 0.331 e. The normalized spacial score (nSPS) is 11.0. The van der Waals surface area contributed by atoms with E-state index in [4.69, 9.17) is 0 Å². The maximum atomic E-state index is 12.9. The number of rotatable bonds is 5. The lowest BCUT2D eigenvalue weighted by molar-refractivity contribution is 0.0980. The van der Waals surface area contributed by atoms with Gasteiger partial charge in [-0.15, -0.1) is 0 Å². The predicted octanol–water partition coefficient (Wildman–Crippen LogP) is 4.32. The summed E-state index contributed by atoms with van der Waals surface area (Å²) in [6.45, 7) is 4.02. The van der Waals surface area contributed by atoms with Gasteiger partial charge < -0.3 is 9.13 Å². The van der Waals surface area contributed by atoms with Crippen molar-refractivity contribution in [3.63, 3.8) is 0 Å². The minimum atomic E-state index is 0.00954. The molecule has 28 heavy (non-hydrogen) atoms. The fourth-order valence-corrected chi connectivity index (χ4v) is 3.41. The summed E-state index contributed by atoms with van der Waals surface area (Å²) in [5.41, 5.74) is 5.95. The molecule has 4 aromatic rings. The van der Waals surface area contributed by atoms with Gasteiger partial charge in [-0.25, -0.2) is 9.97 Å². The lowest BCUT2D eigenvalue weighted by Crippen LogP contribution is -2.10. The van der Waals surface area contributed by atoms with Gasteiger partial charge in [-0.1, -0.05) is 42.5 Å². The van der Waals surface area contributed by atoms with Crippen LogP contribution in [0.2, 0.25) is 0 Å². The van der Waals surface area contributed by atoms with Gasteiger partial charge in [-0.05, 0) is 31.0 Å². The Labute approximate surface area is 164 Å². The summed E-state index contributed by atoms with van der Waals surface area (Å²) in [6.07, 6.45) is 6.02. The lowest BCUT2D eigenvalue weighted by Gasteiger charge is -2.09. The van der Waals surface area contributed by atoms with Crippen LogP contribution in [0.3, 0.4) is 0 Å². The third kappa shape index (κ3) is 3.51. The Hall–Kier alpha value is -3.47. The molecular weight excluding hydrogens is 348 g/mol. The van der Waals surface area contributed by atoms with Crippen LogP contribution in [0.25, 0.3) is 16.9 Å². The van der Waals surface area contributed by atoms with E-state index in [-0.39, 0.29) is 5.78 Å². The van der Waals surface area contributed by atoms with Crippen molar-refractivity contribution in [1.29, 1.82) is 0 Å². The van der Waals surface area contributed by atoms with Gasteiger partial charge in [0.2, 0.25) is 5.78 Å². The number of nitrogens with zero attached hydrogens (tertiary/aromatic N) is 4. The molecule has 0 unspecified atom stereocenters. The van der Waals surface area contributed by atoms with E-state index in [1.165, 1.54) is 0 Å². The van der Waals surface area contributed by atoms with Crippen molar-refractivity contribution in [2.45, 2.75) is 20.3 Å². The molecule has 2 aromatic carbocycles. The third-order valence-corrected chi connectivity index (χ3v) is 4.81. The maximum Gasteiger partial charge on any atom is 0.202 e. The van der Waals surface area contributed by atoms with Crippen molar-refractivity contribution in [1.82, 2.24) is 19.1 Å². The number of hydrogen-bond acceptors (Lipinski definition) is 3. The molecule has 0 radical (unpaired) electrons. The zero-order chi connectivity index (χ0) is 19.7. The molecule has 0 aliphatic rings. The molecule has 0 bridgehead atoms. The molecule has 5 nitrogen and oxygen atoms in total. The van der Waals surface area contributed by atoms with E-state index in [1.54, 1.807) is 4.57 Å². The van der Waals surface area contributed by atoms with E-state index in [9.17, 15) is 4.79 Å². The first kappa shape index (κ1) is 17.9. The van der Waals surface area contributed by atoms with Crippen LogP contribution in [0.5, 0.6) is 0 Å². The molecule has 0 aliphatic carbocycles. The summed E-state index contributed by atoms with van der Waals surface area (Å²) in [5.74, 6) is 0.487. The Kier molecular flexibility index (Phi) is 4.65. The SMILES string of the molecule is Cc1cn(-c2ccc(CC(=O)c3nc(-c4ccccc4)cn3C)cc2C)cn1. The quantitative estimate of drug-likeness (QED) is 0.492. The second kappa shape index (κ2) is 7.27. The van der Waals surface area contributed by atoms with Gasteiger partial charge >= 0.3 is 0 Å². The Morgan fingerprint density at radius 3 is 2.50 bits per heavy atom. The van der Waals surface area contributed by atoms with Crippen molar-refractivity contribution in [2.75, 3.05) is 0 Å². The van der Waals surface area contributed by atoms with Crippen LogP contribution in [-0.4, -0.2) is 24.9 Å². The van der Waals surface area contributed by atoms with Gasteiger partial charge in [0.05, 0.1) is 17.7 Å². The first-order valence-corrected chi connectivity index (χ1v) is 9.24. The molecule has 0 saturated carbocycles. The van der Waals surface area contributed by atoms with Crippen LogP contribution in [0.15, 0.2) is 67.3 Å². The van der Waals surface area contributed by atoms with Crippen molar-refractivity contribution in [3.05, 3.63) is 89.9 Å². The van der Waals surface area contributed by atoms with Crippen LogP contribution >= 0.6 is 0 Å². The first-order chi connectivity index (χ1) is 13.5. The Morgan fingerprint density at radius 2 is 1.82 bits per heavy atom. The average molecular weight is 370 g/mol. The van der Waals surface area contributed by atoms with E-state index in [1.807, 2.05) is 86.6 Å². The van der Waals surface area contributed by atoms with Crippen molar-refractivity contribution in [3.8, 4) is 16.9 Å². The summed E-state index contributed by atoms with van der Waals surface area (Å²) < 4.78 is 3.81. The van der Waals surface area contributed by atoms with E-state index in [2.05, 4.69) is 16.0 Å². The first-order valence-electron chi connectivity index (χ1n) is 9.24. The van der Waals surface area contributed by atoms with Crippen LogP contribution in [-0.2, 0) is 13.5 Å². The molecular formula is C23H22N4O. The van der Waals surface area contributed by atoms with Crippen LogP contribution < -0.4 is 0 Å². The fraction of sp³-hybridized carbons (Fsp3) is 0.174. The number of aromatic nitrogens is 4. The Morgan fingerprint density at radius 1 is 1.04 bits per heavy atom. The number of imidazole rings is 2. The number of aryl methyl sites for hydroxylation is 3. The lowest BCUT2D eigenvalue weighted by atomic mass is 10.0. The second-order valence-electron chi connectivity index (χ2n) is 7.07. The second-order valence-corrected chi connectivity index (χ2v) is 7.07. The molecule has 4 rings (SSSR count). The maximum absolute atomic E-state index is 12.9. The molecule has 0 saturated heterocycles. The molecule has 0 spiro atoms. The number of carbonyl (C=O) groups is 1. The van der Waals surface area contributed by atoms with Crippen LogP contribution in [0.4, 0.5) is 0 Å². The van der Waals surface area contributed by atoms with Crippen molar-refractivity contribution >= 4 is 5.78 Å². The minimum absolute atomic E-state index is 0.00954. The number of hydrogen-bond donors (Lipinski definition) is 0. The highest BCUT2D eigenvalue weighted by molar-refractivity contribution is 5.95. The summed E-state index contributed by atoms with van der Waals surface area (Å²) in [4.78, 5) is 21.7. The average Bonchev–Trinajstić information content (AvgIpc) is 3.28. The molecule has 2 aromatic heterocycles. The molecule has 0 amide bonds. The predicted molar refractivity (Wildman–Crippen MR) is 110 cm³/mol. The monoisotopic (exact) mass is 370 g/mol. The number of ketones is 1. The summed E-state index contributed by atoms with van der Waals surface area (Å²) in [6, 6.07) is 16.0. The highest BCUT2D eigenvalue weighted by Crippen LogP contribution is 2.20. The van der Waals surface area contributed by atoms with E-state index in [0.717, 1.165) is 33.8 Å². The third-order valence-electron chi connectivity index (χ3n) is 4.81. The topological polar surface area (TPSA) is 52.7 Å². The summed E-state index contributed by atoms with van der Waals surface area (Å²) in [5, 5.41) is 0. The molecule has 140 valence electrons. The molecule has 2 heterocycles. The smallest absolute Gasteiger partial charge is 0.202 e. The zero-order valence-corrected chi connectivity index (χ0v) is 16.3. The fourth-order valence-electron chi connectivity index (χ4n) is 3.41. The van der Waals surface area contributed by atoms with Crippen LogP contribution in [0.1, 0.15) is 27.4 Å². The number of Topliss-reactive ketones (excluding diaryl/α,β-unsaturated/α-hetero) is 1. The zero-order valence-electron chi connectivity index (χ0n) is 16.3. The van der Waals surface area contributed by atoms with Gasteiger partial charge in [-0.3, -0.25) is 4.79 Å². The van der Waals surface area contributed by atoms with Crippen molar-refractivity contribution in [2.24, 2.45) is 7.05 Å². The van der Waals surface area contributed by atoms with E-state index >= 15 is 0 Å². The van der Waals surface area contributed by atoms with Gasteiger partial charge in [0.25, 0.3) is 0 Å². The Balaban J connectivity index is 1.56. The molecule has 0 atom stereocenters. The van der Waals surface area contributed by atoms with Gasteiger partial charge in [0.1, 0.15) is 0 Å². The molecule has 0 fully saturated rings. The number of benzene rings is 2. The number of carbonyl (C=O) groups excluding carboxylic acids is 1. The highest BCUT2D eigenvalue weighted by Gasteiger charge is 2.16. The molecule has 0 N–H and O–H groups in total. The van der Waals surface area contributed by atoms with Gasteiger partial charge in [-0.2, -0.15) is 0 Å². The van der Waals surface area contributed by atoms with Gasteiger partial charge in [0, 0.05) is 37.1 Å². The minimum Gasteiger partial charge on any atom is -0.331 e. The Bertz CT molecular complexity index is 1140. The summed E-state index contributed by atoms with van der Waals surface area (Å²) in [7, 11) is 1.86. The standard InChI is InChI=1S/C23H22N4O/c1-16-11-18(9-10-21(16)27-13-17(2)24-15-27)12-22(28)23-25-20(14-26(23)3)19-7-5-4-6-8-19/h4-11,13-15H,12H2,1-3H3.